The number of rotatable bonds is 2. The number of amides is 1. The summed E-state index contributed by atoms with van der Waals surface area (Å²) in [6.07, 6.45) is -3.77. The van der Waals surface area contributed by atoms with Crippen molar-refractivity contribution in [2.24, 2.45) is 0 Å². The minimum absolute atomic E-state index is 0.116. The first-order valence-electron chi connectivity index (χ1n) is 6.38. The third-order valence-electron chi connectivity index (χ3n) is 3.28. The smallest absolute Gasteiger partial charge is 0.416 e. The lowest BCUT2D eigenvalue weighted by atomic mass is 10.1. The van der Waals surface area contributed by atoms with Crippen LogP contribution in [0.2, 0.25) is 0 Å². The summed E-state index contributed by atoms with van der Waals surface area (Å²) >= 11 is 0. The Labute approximate surface area is 131 Å². The molecule has 1 aromatic carbocycles. The van der Waals surface area contributed by atoms with Crippen molar-refractivity contribution in [3.63, 3.8) is 0 Å². The Balaban J connectivity index is 2.32. The Morgan fingerprint density at radius 2 is 1.92 bits per heavy atom. The van der Waals surface area contributed by atoms with Crippen molar-refractivity contribution in [2.75, 3.05) is 0 Å². The highest BCUT2D eigenvalue weighted by Gasteiger charge is 2.32. The summed E-state index contributed by atoms with van der Waals surface area (Å²) < 4.78 is 53.1. The standard InChI is InChI=1S/C14H7F4N4O2/c15-8-2-6(1-7(3-8)14(16,17)18)9-4-10(23)11(12(19)24)13-20-5-21-22(9)13/h1-5,19,23H. The first kappa shape index (κ1) is 15.7. The summed E-state index contributed by atoms with van der Waals surface area (Å²) in [4.78, 5) is 15.0. The fraction of sp³-hybridized carbons (Fsp3) is 0.0714. The van der Waals surface area contributed by atoms with E-state index in [4.69, 9.17) is 5.73 Å². The average Bonchev–Trinajstić information content (AvgIpc) is 2.93. The van der Waals surface area contributed by atoms with Crippen LogP contribution in [0.4, 0.5) is 17.6 Å². The van der Waals surface area contributed by atoms with E-state index in [9.17, 15) is 27.5 Å². The first-order chi connectivity index (χ1) is 11.2. The lowest BCUT2D eigenvalue weighted by Crippen LogP contribution is -2.08. The van der Waals surface area contributed by atoms with Crippen LogP contribution in [-0.4, -0.2) is 25.6 Å². The number of aromatic hydroxyl groups is 1. The number of halogens is 4. The quantitative estimate of drug-likeness (QED) is 0.727. The molecule has 0 fully saturated rings. The zero-order valence-electron chi connectivity index (χ0n) is 11.6. The van der Waals surface area contributed by atoms with Gasteiger partial charge in [0.05, 0.1) is 11.3 Å². The molecule has 0 unspecified atom stereocenters. The fourth-order valence-electron chi connectivity index (χ4n) is 2.29. The van der Waals surface area contributed by atoms with E-state index in [0.29, 0.717) is 12.1 Å². The van der Waals surface area contributed by atoms with E-state index < -0.39 is 34.8 Å². The number of fused-ring (bicyclic) bond motifs is 1. The van der Waals surface area contributed by atoms with Crippen LogP contribution < -0.4 is 5.73 Å². The molecule has 0 bridgehead atoms. The molecule has 2 heterocycles. The van der Waals surface area contributed by atoms with Crippen LogP contribution in [0.3, 0.4) is 0 Å². The summed E-state index contributed by atoms with van der Waals surface area (Å²) in [5.74, 6) is -3.04. The molecule has 24 heavy (non-hydrogen) atoms. The van der Waals surface area contributed by atoms with Gasteiger partial charge >= 0.3 is 6.18 Å². The van der Waals surface area contributed by atoms with Gasteiger partial charge in [-0.05, 0) is 18.2 Å². The number of nitrogens with zero attached hydrogens (tertiary/aromatic N) is 3. The molecular weight excluding hydrogens is 332 g/mol. The highest BCUT2D eigenvalue weighted by atomic mass is 19.4. The van der Waals surface area contributed by atoms with Gasteiger partial charge in [0.1, 0.15) is 23.5 Å². The normalized spacial score (nSPS) is 11.8. The Kier molecular flexibility index (Phi) is 3.39. The Bertz CT molecular complexity index is 965. The number of alkyl halides is 3. The second kappa shape index (κ2) is 5.18. The summed E-state index contributed by atoms with van der Waals surface area (Å²) in [5, 5.41) is 13.7. The van der Waals surface area contributed by atoms with Crippen LogP contribution in [0.25, 0.3) is 16.9 Å². The van der Waals surface area contributed by atoms with Crippen LogP contribution >= 0.6 is 0 Å². The summed E-state index contributed by atoms with van der Waals surface area (Å²) in [6.45, 7) is 0. The number of benzene rings is 1. The van der Waals surface area contributed by atoms with E-state index in [2.05, 4.69) is 10.1 Å². The molecule has 3 aromatic rings. The van der Waals surface area contributed by atoms with Crippen molar-refractivity contribution in [2.45, 2.75) is 6.18 Å². The van der Waals surface area contributed by atoms with Crippen LogP contribution in [0.5, 0.6) is 5.75 Å². The van der Waals surface area contributed by atoms with Gasteiger partial charge < -0.3 is 5.11 Å². The molecule has 2 N–H and O–H groups in total. The van der Waals surface area contributed by atoms with Crippen molar-refractivity contribution >= 4 is 11.6 Å². The van der Waals surface area contributed by atoms with Gasteiger partial charge in [0.25, 0.3) is 5.91 Å². The van der Waals surface area contributed by atoms with E-state index in [1.54, 1.807) is 0 Å². The number of hydrogen-bond acceptors (Lipinski definition) is 4. The number of hydrogen-bond donors (Lipinski definition) is 1. The lowest BCUT2D eigenvalue weighted by molar-refractivity contribution is -0.137. The second-order valence-electron chi connectivity index (χ2n) is 4.84. The van der Waals surface area contributed by atoms with Crippen LogP contribution in [0, 0.1) is 5.82 Å². The van der Waals surface area contributed by atoms with Gasteiger partial charge in [-0.25, -0.2) is 13.9 Å². The Morgan fingerprint density at radius 1 is 1.21 bits per heavy atom. The van der Waals surface area contributed by atoms with E-state index in [1.807, 2.05) is 0 Å². The molecule has 3 rings (SSSR count). The van der Waals surface area contributed by atoms with E-state index in [-0.39, 0.29) is 16.9 Å². The van der Waals surface area contributed by atoms with Gasteiger partial charge in [0, 0.05) is 11.6 Å². The van der Waals surface area contributed by atoms with E-state index in [0.717, 1.165) is 23.0 Å². The highest BCUT2D eigenvalue weighted by Crippen LogP contribution is 2.35. The van der Waals surface area contributed by atoms with Gasteiger partial charge in [-0.3, -0.25) is 10.5 Å². The van der Waals surface area contributed by atoms with Crippen molar-refractivity contribution in [3.05, 3.63) is 47.5 Å². The molecule has 0 saturated carbocycles. The molecular formula is C14H7F4N4O2. The predicted molar refractivity (Wildman–Crippen MR) is 72.5 cm³/mol. The maximum Gasteiger partial charge on any atom is 0.416 e. The summed E-state index contributed by atoms with van der Waals surface area (Å²) in [6, 6.07) is 2.77. The van der Waals surface area contributed by atoms with E-state index in [1.165, 1.54) is 0 Å². The average molecular weight is 339 g/mol. The predicted octanol–water partition coefficient (Wildman–Crippen LogP) is 2.68. The van der Waals surface area contributed by atoms with Crippen LogP contribution in [-0.2, 0) is 6.18 Å². The second-order valence-corrected chi connectivity index (χ2v) is 4.84. The van der Waals surface area contributed by atoms with Crippen molar-refractivity contribution in [1.29, 1.82) is 0 Å². The maximum atomic E-state index is 13.6. The number of nitrogens with one attached hydrogen (secondary N) is 1. The number of carbonyl (C=O) groups is 1. The summed E-state index contributed by atoms with van der Waals surface area (Å²) in [5.41, 5.74) is 4.88. The number of pyridine rings is 1. The van der Waals surface area contributed by atoms with Gasteiger partial charge in [0.2, 0.25) is 0 Å². The zero-order chi connectivity index (χ0) is 17.6. The largest absolute Gasteiger partial charge is 0.507 e. The molecule has 123 valence electrons. The molecule has 0 atom stereocenters. The molecule has 0 saturated heterocycles. The van der Waals surface area contributed by atoms with Gasteiger partial charge in [-0.15, -0.1) is 0 Å². The van der Waals surface area contributed by atoms with Crippen molar-refractivity contribution in [1.82, 2.24) is 20.3 Å². The molecule has 0 aliphatic rings. The molecule has 6 nitrogen and oxygen atoms in total. The maximum absolute atomic E-state index is 13.6. The monoisotopic (exact) mass is 339 g/mol. The Morgan fingerprint density at radius 3 is 2.54 bits per heavy atom. The molecule has 0 spiro atoms. The van der Waals surface area contributed by atoms with Crippen molar-refractivity contribution in [3.8, 4) is 17.0 Å². The van der Waals surface area contributed by atoms with Gasteiger partial charge in [0.15, 0.2) is 5.65 Å². The van der Waals surface area contributed by atoms with Gasteiger partial charge in [-0.2, -0.15) is 18.3 Å². The van der Waals surface area contributed by atoms with Gasteiger partial charge in [-0.1, -0.05) is 0 Å². The van der Waals surface area contributed by atoms with Crippen LogP contribution in [0.15, 0.2) is 30.6 Å². The molecule has 0 aliphatic heterocycles. The molecule has 10 heteroatoms. The highest BCUT2D eigenvalue weighted by molar-refractivity contribution is 6.01. The molecule has 2 aromatic heterocycles. The third kappa shape index (κ3) is 2.51. The number of carbonyl (C=O) groups excluding carboxylic acids is 1. The summed E-state index contributed by atoms with van der Waals surface area (Å²) in [7, 11) is 0. The first-order valence-corrected chi connectivity index (χ1v) is 6.38. The van der Waals surface area contributed by atoms with E-state index >= 15 is 0 Å². The lowest BCUT2D eigenvalue weighted by Gasteiger charge is -2.12. The third-order valence-corrected chi connectivity index (χ3v) is 3.28. The molecule has 1 radical (unpaired) electrons. The topological polar surface area (TPSA) is 91.3 Å². The molecule has 0 aliphatic carbocycles. The fourth-order valence-corrected chi connectivity index (χ4v) is 2.29. The zero-order valence-corrected chi connectivity index (χ0v) is 11.6. The molecule has 1 amide bonds. The SMILES string of the molecule is [NH]C(=O)c1c(O)cc(-c2cc(F)cc(C(F)(F)F)c2)n2ncnc12. The minimum Gasteiger partial charge on any atom is -0.507 e. The minimum atomic E-state index is -4.77. The van der Waals surface area contributed by atoms with Crippen molar-refractivity contribution < 1.29 is 27.5 Å². The van der Waals surface area contributed by atoms with Crippen LogP contribution in [0.1, 0.15) is 15.9 Å². The Hall–Kier alpha value is -3.17. The number of aromatic nitrogens is 3.